The summed E-state index contributed by atoms with van der Waals surface area (Å²) in [6, 6.07) is 0. The highest BCUT2D eigenvalue weighted by Gasteiger charge is 2.39. The van der Waals surface area contributed by atoms with Crippen LogP contribution in [-0.4, -0.2) is 24.2 Å². The number of hydrogen-bond acceptors (Lipinski definition) is 4. The second-order valence-corrected chi connectivity index (χ2v) is 6.79. The Hall–Kier alpha value is -0.600. The fraction of sp³-hybridized carbons (Fsp3) is 0.429. The van der Waals surface area contributed by atoms with Crippen LogP contribution in [0.3, 0.4) is 0 Å². The molecule has 1 rings (SSSR count). The van der Waals surface area contributed by atoms with Gasteiger partial charge in [-0.05, 0) is 13.3 Å². The molecule has 26 heavy (non-hydrogen) atoms. The lowest BCUT2D eigenvalue weighted by atomic mass is 10.2. The molecule has 1 aromatic rings. The zero-order valence-electron chi connectivity index (χ0n) is 12.9. The molecule has 0 bridgehead atoms. The summed E-state index contributed by atoms with van der Waals surface area (Å²) in [7, 11) is 0. The molecule has 0 aliphatic heterocycles. The number of benzene rings is 1. The molecule has 146 valence electrons. The van der Waals surface area contributed by atoms with Gasteiger partial charge in [-0.2, -0.15) is 13.2 Å². The summed E-state index contributed by atoms with van der Waals surface area (Å²) in [5, 5.41) is -0.939. The van der Waals surface area contributed by atoms with Crippen LogP contribution in [0.15, 0.2) is 0 Å². The van der Waals surface area contributed by atoms with E-state index in [0.717, 1.165) is 0 Å². The molecule has 1 aromatic carbocycles. The molecule has 0 aliphatic rings. The lowest BCUT2D eigenvalue weighted by molar-refractivity contribution is -0.216. The Labute approximate surface area is 171 Å². The van der Waals surface area contributed by atoms with Crippen LogP contribution >= 0.6 is 58.0 Å². The van der Waals surface area contributed by atoms with Crippen molar-refractivity contribution < 1.29 is 32.2 Å². The van der Waals surface area contributed by atoms with Crippen molar-refractivity contribution in [1.82, 2.24) is 0 Å². The molecule has 1 unspecified atom stereocenters. The predicted octanol–water partition coefficient (Wildman–Crippen LogP) is 6.52. The third kappa shape index (κ3) is 6.23. The Morgan fingerprint density at radius 2 is 1.31 bits per heavy atom. The van der Waals surface area contributed by atoms with Gasteiger partial charge in [-0.15, -0.1) is 0 Å². The van der Waals surface area contributed by atoms with E-state index in [2.05, 4.69) is 4.74 Å². The van der Waals surface area contributed by atoms with Crippen LogP contribution in [0.25, 0.3) is 0 Å². The molecule has 0 saturated heterocycles. The summed E-state index contributed by atoms with van der Waals surface area (Å²) in [6.07, 6.45) is -7.75. The van der Waals surface area contributed by atoms with Gasteiger partial charge < -0.3 is 9.47 Å². The van der Waals surface area contributed by atoms with E-state index < -0.39 is 30.6 Å². The average molecular weight is 476 g/mol. The molecule has 0 aliphatic carbocycles. The van der Waals surface area contributed by atoms with E-state index in [1.807, 2.05) is 0 Å². The molecule has 0 fully saturated rings. The standard InChI is InChI=1S/C14H10Cl5F3O4/c1-5(14(20,21)22)25-6(23)3-2-4-7(24)26-13-11(18)9(16)8(15)10(17)12(13)19/h5H,2-4H2,1H3. The first-order valence-electron chi connectivity index (χ1n) is 6.84. The summed E-state index contributed by atoms with van der Waals surface area (Å²) in [5.41, 5.74) is 0. The van der Waals surface area contributed by atoms with Gasteiger partial charge in [-0.25, -0.2) is 0 Å². The zero-order chi connectivity index (χ0) is 20.2. The largest absolute Gasteiger partial charge is 0.453 e. The Morgan fingerprint density at radius 3 is 1.77 bits per heavy atom. The summed E-state index contributed by atoms with van der Waals surface area (Å²) in [4.78, 5) is 23.1. The molecule has 0 spiro atoms. The molecule has 0 heterocycles. The summed E-state index contributed by atoms with van der Waals surface area (Å²) in [6.45, 7) is 0.699. The van der Waals surface area contributed by atoms with Gasteiger partial charge in [0.05, 0.1) is 15.1 Å². The van der Waals surface area contributed by atoms with E-state index in [4.69, 9.17) is 62.7 Å². The van der Waals surface area contributed by atoms with Crippen molar-refractivity contribution in [1.29, 1.82) is 0 Å². The van der Waals surface area contributed by atoms with E-state index in [1.165, 1.54) is 0 Å². The summed E-state index contributed by atoms with van der Waals surface area (Å²) in [5.74, 6) is -2.28. The van der Waals surface area contributed by atoms with Gasteiger partial charge in [0.2, 0.25) is 0 Å². The Bertz CT molecular complexity index is 680. The van der Waals surface area contributed by atoms with Crippen LogP contribution in [0.2, 0.25) is 25.1 Å². The van der Waals surface area contributed by atoms with Crippen molar-refractivity contribution in [3.05, 3.63) is 25.1 Å². The van der Waals surface area contributed by atoms with Crippen molar-refractivity contribution in [2.24, 2.45) is 0 Å². The molecule has 0 saturated carbocycles. The minimum absolute atomic E-state index is 0.119. The molecule has 0 radical (unpaired) electrons. The maximum Gasteiger partial charge on any atom is 0.425 e. The van der Waals surface area contributed by atoms with Crippen molar-refractivity contribution >= 4 is 69.9 Å². The summed E-state index contributed by atoms with van der Waals surface area (Å²) < 4.78 is 45.9. The fourth-order valence-electron chi connectivity index (χ4n) is 1.54. The van der Waals surface area contributed by atoms with Crippen molar-refractivity contribution in [2.45, 2.75) is 38.5 Å². The SMILES string of the molecule is CC(OC(=O)CCCC(=O)Oc1c(Cl)c(Cl)c(Cl)c(Cl)c1Cl)C(F)(F)F. The minimum Gasteiger partial charge on any atom is -0.453 e. The lowest BCUT2D eigenvalue weighted by Gasteiger charge is -2.16. The minimum atomic E-state index is -4.66. The average Bonchev–Trinajstić information content (AvgIpc) is 2.54. The number of halogens is 8. The molecule has 12 heteroatoms. The monoisotopic (exact) mass is 474 g/mol. The van der Waals surface area contributed by atoms with E-state index >= 15 is 0 Å². The third-order valence-electron chi connectivity index (χ3n) is 2.92. The normalized spacial score (nSPS) is 12.7. The molecule has 0 amide bonds. The van der Waals surface area contributed by atoms with Gasteiger partial charge in [0.1, 0.15) is 10.0 Å². The van der Waals surface area contributed by atoms with Crippen LogP contribution in [0.5, 0.6) is 5.75 Å². The Morgan fingerprint density at radius 1 is 0.885 bits per heavy atom. The summed E-state index contributed by atoms with van der Waals surface area (Å²) >= 11 is 29.2. The number of carbonyl (C=O) groups excluding carboxylic acids is 2. The number of hydrogen-bond donors (Lipinski definition) is 0. The second-order valence-electron chi connectivity index (χ2n) is 4.90. The Balaban J connectivity index is 2.60. The quantitative estimate of drug-likeness (QED) is 0.203. The van der Waals surface area contributed by atoms with Gasteiger partial charge in [0.15, 0.2) is 11.9 Å². The van der Waals surface area contributed by atoms with E-state index in [-0.39, 0.29) is 43.7 Å². The van der Waals surface area contributed by atoms with E-state index in [1.54, 1.807) is 0 Å². The lowest BCUT2D eigenvalue weighted by Crippen LogP contribution is -2.30. The van der Waals surface area contributed by atoms with Gasteiger partial charge >= 0.3 is 18.1 Å². The molecule has 1 atom stereocenters. The number of esters is 2. The first kappa shape index (κ1) is 23.4. The highest BCUT2D eigenvalue weighted by Crippen LogP contribution is 2.48. The highest BCUT2D eigenvalue weighted by atomic mass is 35.5. The number of alkyl halides is 3. The van der Waals surface area contributed by atoms with Crippen LogP contribution in [0.4, 0.5) is 13.2 Å². The van der Waals surface area contributed by atoms with Gasteiger partial charge in [-0.3, -0.25) is 9.59 Å². The van der Waals surface area contributed by atoms with Crippen molar-refractivity contribution in [3.63, 3.8) is 0 Å². The van der Waals surface area contributed by atoms with Crippen LogP contribution in [0.1, 0.15) is 26.2 Å². The first-order chi connectivity index (χ1) is 11.9. The molecule has 4 nitrogen and oxygen atoms in total. The second kappa shape index (κ2) is 9.55. The number of carbonyl (C=O) groups is 2. The van der Waals surface area contributed by atoms with Crippen molar-refractivity contribution in [2.75, 3.05) is 0 Å². The van der Waals surface area contributed by atoms with Crippen LogP contribution in [0, 0.1) is 0 Å². The van der Waals surface area contributed by atoms with E-state index in [0.29, 0.717) is 6.92 Å². The maximum atomic E-state index is 12.3. The smallest absolute Gasteiger partial charge is 0.425 e. The van der Waals surface area contributed by atoms with Crippen molar-refractivity contribution in [3.8, 4) is 5.75 Å². The molecular weight excluding hydrogens is 466 g/mol. The fourth-order valence-corrected chi connectivity index (χ4v) is 2.74. The zero-order valence-corrected chi connectivity index (χ0v) is 16.6. The number of rotatable bonds is 6. The third-order valence-corrected chi connectivity index (χ3v) is 5.16. The number of ether oxygens (including phenoxy) is 2. The Kier molecular flexibility index (Phi) is 8.61. The van der Waals surface area contributed by atoms with Gasteiger partial charge in [0.25, 0.3) is 0 Å². The molecule has 0 aromatic heterocycles. The first-order valence-corrected chi connectivity index (χ1v) is 8.73. The van der Waals surface area contributed by atoms with Crippen LogP contribution < -0.4 is 4.74 Å². The predicted molar refractivity (Wildman–Crippen MR) is 92.6 cm³/mol. The maximum absolute atomic E-state index is 12.3. The highest BCUT2D eigenvalue weighted by molar-refractivity contribution is 6.55. The van der Waals surface area contributed by atoms with Crippen LogP contribution in [-0.2, 0) is 14.3 Å². The molecule has 0 N–H and O–H groups in total. The van der Waals surface area contributed by atoms with Gasteiger partial charge in [0, 0.05) is 12.8 Å². The van der Waals surface area contributed by atoms with Gasteiger partial charge in [-0.1, -0.05) is 58.0 Å². The molecular formula is C14H10Cl5F3O4. The van der Waals surface area contributed by atoms with E-state index in [9.17, 15) is 22.8 Å². The topological polar surface area (TPSA) is 52.6 Å².